The van der Waals surface area contributed by atoms with Crippen molar-refractivity contribution >= 4 is 17.3 Å². The molecule has 0 atom stereocenters. The zero-order chi connectivity index (χ0) is 22.9. The second-order valence-corrected chi connectivity index (χ2v) is 9.66. The van der Waals surface area contributed by atoms with Gasteiger partial charge in [-0.05, 0) is 0 Å². The summed E-state index contributed by atoms with van der Waals surface area (Å²) < 4.78 is 33.7. The van der Waals surface area contributed by atoms with Gasteiger partial charge < -0.3 is 0 Å². The predicted molar refractivity (Wildman–Crippen MR) is 111 cm³/mol. The summed E-state index contributed by atoms with van der Waals surface area (Å²) in [4.78, 5) is 37.3. The maximum atomic E-state index is 12.4. The van der Waals surface area contributed by atoms with E-state index >= 15 is 0 Å². The van der Waals surface area contributed by atoms with Gasteiger partial charge in [-0.3, -0.25) is 0 Å². The van der Waals surface area contributed by atoms with Gasteiger partial charge in [0.05, 0.1) is 0 Å². The first-order valence-electron chi connectivity index (χ1n) is 9.39. The van der Waals surface area contributed by atoms with Crippen molar-refractivity contribution in [1.29, 1.82) is 0 Å². The van der Waals surface area contributed by atoms with Crippen molar-refractivity contribution in [2.75, 3.05) is 0 Å². The molecule has 0 aliphatic heterocycles. The van der Waals surface area contributed by atoms with Gasteiger partial charge in [0.2, 0.25) is 0 Å². The van der Waals surface area contributed by atoms with Gasteiger partial charge in [-0.1, -0.05) is 0 Å². The SMILES string of the molecule is Cc1cc(=O)c([O][Ga]([O]c2c(C)oc(C)cc2=O)[O]c2c(C)oc(C)cc2=O)c(C)o1. The average molecular weight is 487 g/mol. The van der Waals surface area contributed by atoms with Crippen molar-refractivity contribution in [1.82, 2.24) is 0 Å². The molecule has 0 radical (unpaired) electrons. The van der Waals surface area contributed by atoms with Crippen LogP contribution in [-0.2, 0) is 0 Å². The molecule has 10 heteroatoms. The molecule has 162 valence electrons. The van der Waals surface area contributed by atoms with Gasteiger partial charge in [-0.2, -0.15) is 0 Å². The molecule has 0 saturated carbocycles. The summed E-state index contributed by atoms with van der Waals surface area (Å²) >= 11 is -4.01. The summed E-state index contributed by atoms with van der Waals surface area (Å²) in [6, 6.07) is 3.79. The number of hydrogen-bond acceptors (Lipinski definition) is 9. The van der Waals surface area contributed by atoms with Crippen molar-refractivity contribution in [3.8, 4) is 17.2 Å². The Morgan fingerprint density at radius 1 is 0.548 bits per heavy atom. The van der Waals surface area contributed by atoms with E-state index in [-0.39, 0.29) is 34.5 Å². The fraction of sp³-hybridized carbons (Fsp3) is 0.286. The van der Waals surface area contributed by atoms with Gasteiger partial charge in [-0.15, -0.1) is 0 Å². The van der Waals surface area contributed by atoms with E-state index in [9.17, 15) is 14.4 Å². The van der Waals surface area contributed by atoms with Crippen molar-refractivity contribution in [3.05, 3.63) is 83.4 Å². The number of rotatable bonds is 6. The second kappa shape index (κ2) is 8.94. The molecule has 0 aliphatic rings. The van der Waals surface area contributed by atoms with Gasteiger partial charge in [0.1, 0.15) is 0 Å². The molecule has 31 heavy (non-hydrogen) atoms. The van der Waals surface area contributed by atoms with Crippen molar-refractivity contribution in [2.24, 2.45) is 0 Å². The van der Waals surface area contributed by atoms with Crippen molar-refractivity contribution in [2.45, 2.75) is 41.5 Å². The van der Waals surface area contributed by atoms with Crippen molar-refractivity contribution in [3.63, 3.8) is 0 Å². The van der Waals surface area contributed by atoms with Crippen LogP contribution in [0.25, 0.3) is 0 Å². The van der Waals surface area contributed by atoms with Crippen LogP contribution in [0.15, 0.2) is 45.8 Å². The van der Waals surface area contributed by atoms with Crippen LogP contribution in [0, 0.1) is 41.5 Å². The Morgan fingerprint density at radius 3 is 1.03 bits per heavy atom. The fourth-order valence-corrected chi connectivity index (χ4v) is 6.30. The van der Waals surface area contributed by atoms with Crippen LogP contribution in [0.1, 0.15) is 34.6 Å². The van der Waals surface area contributed by atoms with Crippen LogP contribution in [0.3, 0.4) is 0 Å². The van der Waals surface area contributed by atoms with E-state index in [0.29, 0.717) is 17.3 Å². The Hall–Kier alpha value is -3.11. The molecule has 0 aromatic carbocycles. The molecule has 0 aliphatic carbocycles. The Morgan fingerprint density at radius 2 is 0.806 bits per heavy atom. The molecule has 3 aromatic rings. The average Bonchev–Trinajstić information content (AvgIpc) is 2.63. The molecule has 3 heterocycles. The second-order valence-electron chi connectivity index (χ2n) is 6.96. The Kier molecular flexibility index (Phi) is 6.51. The summed E-state index contributed by atoms with van der Waals surface area (Å²) in [6.07, 6.45) is 0. The Balaban J connectivity index is 2.06. The first-order valence-corrected chi connectivity index (χ1v) is 12.4. The first kappa shape index (κ1) is 22.6. The molecular formula is C21H21GaO9. The fourth-order valence-electron chi connectivity index (χ4n) is 3.01. The molecule has 9 nitrogen and oxygen atoms in total. The molecule has 0 fully saturated rings. The van der Waals surface area contributed by atoms with E-state index < -0.39 is 33.6 Å². The van der Waals surface area contributed by atoms with Gasteiger partial charge >= 0.3 is 183 Å². The van der Waals surface area contributed by atoms with Gasteiger partial charge in [-0.25, -0.2) is 0 Å². The summed E-state index contributed by atoms with van der Waals surface area (Å²) in [5.74, 6) is 1.54. The molecule has 0 N–H and O–H groups in total. The zero-order valence-electron chi connectivity index (χ0n) is 18.0. The molecule has 0 unspecified atom stereocenters. The summed E-state index contributed by atoms with van der Waals surface area (Å²) in [5, 5.41) is 0. The van der Waals surface area contributed by atoms with E-state index in [1.807, 2.05) is 0 Å². The molecule has 3 rings (SSSR count). The van der Waals surface area contributed by atoms with E-state index in [0.717, 1.165) is 0 Å². The van der Waals surface area contributed by atoms with Gasteiger partial charge in [0.25, 0.3) is 0 Å². The standard InChI is InChI=1S/3C7H8O3.Ga/c3*1-4-3-6(8)7(9)5(2)10-4;/h3*3,9H,1-2H3;/q;;;+3/p-3. The third-order valence-electron chi connectivity index (χ3n) is 4.22. The third kappa shape index (κ3) is 5.15. The minimum absolute atomic E-state index is 0.112. The monoisotopic (exact) mass is 486 g/mol. The van der Waals surface area contributed by atoms with Crippen LogP contribution in [0.4, 0.5) is 0 Å². The molecule has 0 bridgehead atoms. The van der Waals surface area contributed by atoms with Crippen LogP contribution in [0.5, 0.6) is 17.2 Å². The quantitative estimate of drug-likeness (QED) is 0.484. The maximum absolute atomic E-state index is 12.4. The molecule has 3 aromatic heterocycles. The normalized spacial score (nSPS) is 10.6. The van der Waals surface area contributed by atoms with E-state index in [1.54, 1.807) is 41.5 Å². The topological polar surface area (TPSA) is 118 Å². The number of aryl methyl sites for hydroxylation is 6. The Bertz CT molecular complexity index is 1140. The first-order chi connectivity index (χ1) is 14.5. The molecular weight excluding hydrogens is 466 g/mol. The zero-order valence-corrected chi connectivity index (χ0v) is 20.4. The van der Waals surface area contributed by atoms with Crippen LogP contribution in [-0.4, -0.2) is 17.3 Å². The van der Waals surface area contributed by atoms with E-state index in [4.69, 9.17) is 23.8 Å². The predicted octanol–water partition coefficient (Wildman–Crippen LogP) is 2.92. The summed E-state index contributed by atoms with van der Waals surface area (Å²) in [5.41, 5.74) is -1.32. The number of hydrogen-bond donors (Lipinski definition) is 0. The molecule has 0 saturated heterocycles. The van der Waals surface area contributed by atoms with Crippen LogP contribution >= 0.6 is 0 Å². The van der Waals surface area contributed by atoms with Gasteiger partial charge in [0, 0.05) is 0 Å². The Labute approximate surface area is 183 Å². The molecule has 0 spiro atoms. The summed E-state index contributed by atoms with van der Waals surface area (Å²) in [7, 11) is 0. The van der Waals surface area contributed by atoms with Crippen LogP contribution < -0.4 is 26.9 Å². The molecule has 0 amide bonds. The van der Waals surface area contributed by atoms with E-state index in [2.05, 4.69) is 0 Å². The summed E-state index contributed by atoms with van der Waals surface area (Å²) in [6.45, 7) is 9.56. The van der Waals surface area contributed by atoms with E-state index in [1.165, 1.54) is 18.2 Å². The van der Waals surface area contributed by atoms with Gasteiger partial charge in [0.15, 0.2) is 0 Å². The third-order valence-corrected chi connectivity index (χ3v) is 6.91. The minimum atomic E-state index is -4.01. The van der Waals surface area contributed by atoms with Crippen molar-refractivity contribution < 1.29 is 23.8 Å². The van der Waals surface area contributed by atoms with Crippen LogP contribution in [0.2, 0.25) is 0 Å².